The molecule has 1 N–H and O–H groups in total. The van der Waals surface area contributed by atoms with Gasteiger partial charge in [0.2, 0.25) is 0 Å². The maximum atomic E-state index is 12.9. The van der Waals surface area contributed by atoms with Crippen LogP contribution in [0.15, 0.2) is 42.5 Å². The number of ketones is 1. The van der Waals surface area contributed by atoms with E-state index in [0.29, 0.717) is 23.7 Å². The Hall–Kier alpha value is -3.08. The van der Waals surface area contributed by atoms with Crippen molar-refractivity contribution < 1.29 is 9.53 Å². The van der Waals surface area contributed by atoms with E-state index in [0.717, 1.165) is 29.2 Å². The van der Waals surface area contributed by atoms with Gasteiger partial charge in [0, 0.05) is 12.1 Å². The third-order valence-electron chi connectivity index (χ3n) is 5.14. The molecule has 1 aliphatic rings. The second-order valence-electron chi connectivity index (χ2n) is 7.72. The molecule has 0 fully saturated rings. The number of rotatable bonds is 4. The topological polar surface area (TPSA) is 56.1 Å². The smallest absolute Gasteiger partial charge is 0.168 e. The van der Waals surface area contributed by atoms with Crippen molar-refractivity contribution in [2.45, 2.75) is 33.6 Å². The molecule has 0 spiro atoms. The average Bonchev–Trinajstić information content (AvgIpc) is 2.99. The van der Waals surface area contributed by atoms with Crippen LogP contribution in [0.25, 0.3) is 5.69 Å². The lowest BCUT2D eigenvalue weighted by atomic mass is 9.87. The number of fused-ring (bicyclic) bond motifs is 1. The highest BCUT2D eigenvalue weighted by molar-refractivity contribution is 6.03. The van der Waals surface area contributed by atoms with Gasteiger partial charge in [-0.2, -0.15) is 0 Å². The van der Waals surface area contributed by atoms with Crippen LogP contribution in [0.3, 0.4) is 0 Å². The fourth-order valence-electron chi connectivity index (χ4n) is 3.96. The Kier molecular flexibility index (Phi) is 4.67. The normalized spacial score (nSPS) is 16.0. The molecule has 144 valence electrons. The van der Waals surface area contributed by atoms with Crippen LogP contribution in [0, 0.1) is 19.8 Å². The van der Waals surface area contributed by atoms with Crippen LogP contribution in [0.4, 0.5) is 11.5 Å². The highest BCUT2D eigenvalue weighted by Crippen LogP contribution is 2.34. The summed E-state index contributed by atoms with van der Waals surface area (Å²) in [6, 6.07) is 14.0. The van der Waals surface area contributed by atoms with Crippen molar-refractivity contribution in [1.29, 1.82) is 0 Å². The highest BCUT2D eigenvalue weighted by atomic mass is 16.5. The van der Waals surface area contributed by atoms with Crippen LogP contribution in [-0.4, -0.2) is 22.7 Å². The SMILES string of the molecule is COc1ccc(-n2nc(Nc3cc(C)cc(C)c3)c3c2C[C@@H](C)CC3=O)cc1. The lowest BCUT2D eigenvalue weighted by molar-refractivity contribution is 0.0953. The van der Waals surface area contributed by atoms with Gasteiger partial charge >= 0.3 is 0 Å². The number of anilines is 2. The molecule has 1 heterocycles. The predicted octanol–water partition coefficient (Wildman–Crippen LogP) is 5.01. The second-order valence-corrected chi connectivity index (χ2v) is 7.72. The molecule has 0 bridgehead atoms. The van der Waals surface area contributed by atoms with Gasteiger partial charge in [-0.25, -0.2) is 4.68 Å². The summed E-state index contributed by atoms with van der Waals surface area (Å²) in [4.78, 5) is 12.9. The van der Waals surface area contributed by atoms with Crippen LogP contribution in [0.2, 0.25) is 0 Å². The third-order valence-corrected chi connectivity index (χ3v) is 5.14. The summed E-state index contributed by atoms with van der Waals surface area (Å²) in [5, 5.41) is 8.20. The number of aryl methyl sites for hydroxylation is 2. The molecule has 28 heavy (non-hydrogen) atoms. The molecule has 0 aliphatic heterocycles. The molecule has 0 saturated carbocycles. The van der Waals surface area contributed by atoms with E-state index in [1.54, 1.807) is 7.11 Å². The number of benzene rings is 2. The molecule has 1 aromatic heterocycles. The van der Waals surface area contributed by atoms with Gasteiger partial charge in [-0.1, -0.05) is 13.0 Å². The minimum absolute atomic E-state index is 0.153. The van der Waals surface area contributed by atoms with Crippen molar-refractivity contribution in [2.24, 2.45) is 5.92 Å². The molecule has 4 rings (SSSR count). The predicted molar refractivity (Wildman–Crippen MR) is 111 cm³/mol. The monoisotopic (exact) mass is 375 g/mol. The Balaban J connectivity index is 1.81. The summed E-state index contributed by atoms with van der Waals surface area (Å²) in [6.07, 6.45) is 1.39. The maximum absolute atomic E-state index is 12.9. The molecule has 0 amide bonds. The van der Waals surface area contributed by atoms with Crippen LogP contribution in [-0.2, 0) is 6.42 Å². The number of carbonyl (C=O) groups is 1. The zero-order chi connectivity index (χ0) is 19.8. The number of Topliss-reactive ketones (excluding diaryl/α,β-unsaturated/α-hetero) is 1. The average molecular weight is 375 g/mol. The van der Waals surface area contributed by atoms with Crippen molar-refractivity contribution in [2.75, 3.05) is 12.4 Å². The Labute approximate surface area is 165 Å². The van der Waals surface area contributed by atoms with Gasteiger partial charge in [0.25, 0.3) is 0 Å². The van der Waals surface area contributed by atoms with Gasteiger partial charge < -0.3 is 10.1 Å². The van der Waals surface area contributed by atoms with Crippen LogP contribution in [0.5, 0.6) is 5.75 Å². The quantitative estimate of drug-likeness (QED) is 0.697. The lowest BCUT2D eigenvalue weighted by Gasteiger charge is -2.19. The number of aromatic nitrogens is 2. The molecule has 1 atom stereocenters. The number of carbonyl (C=O) groups excluding carboxylic acids is 1. The molecule has 5 nitrogen and oxygen atoms in total. The first-order valence-electron chi connectivity index (χ1n) is 9.59. The van der Waals surface area contributed by atoms with Crippen molar-refractivity contribution >= 4 is 17.3 Å². The van der Waals surface area contributed by atoms with Crippen molar-refractivity contribution in [3.63, 3.8) is 0 Å². The van der Waals surface area contributed by atoms with E-state index < -0.39 is 0 Å². The van der Waals surface area contributed by atoms with Gasteiger partial charge in [-0.15, -0.1) is 5.10 Å². The minimum Gasteiger partial charge on any atom is -0.497 e. The fourth-order valence-corrected chi connectivity index (χ4v) is 3.96. The number of methoxy groups -OCH3 is 1. The van der Waals surface area contributed by atoms with Gasteiger partial charge in [-0.3, -0.25) is 4.79 Å². The van der Waals surface area contributed by atoms with Crippen molar-refractivity contribution in [1.82, 2.24) is 9.78 Å². The van der Waals surface area contributed by atoms with E-state index >= 15 is 0 Å². The first-order valence-corrected chi connectivity index (χ1v) is 9.59. The van der Waals surface area contributed by atoms with E-state index in [9.17, 15) is 4.79 Å². The maximum Gasteiger partial charge on any atom is 0.168 e. The number of hydrogen-bond donors (Lipinski definition) is 1. The molecule has 1 aliphatic carbocycles. The van der Waals surface area contributed by atoms with Crippen LogP contribution < -0.4 is 10.1 Å². The number of nitrogens with one attached hydrogen (secondary N) is 1. The Bertz CT molecular complexity index is 1010. The van der Waals surface area contributed by atoms with E-state index in [-0.39, 0.29) is 5.78 Å². The first kappa shape index (κ1) is 18.3. The van der Waals surface area contributed by atoms with E-state index in [1.165, 1.54) is 11.1 Å². The van der Waals surface area contributed by atoms with Crippen LogP contribution in [0.1, 0.15) is 40.5 Å². The molecule has 0 saturated heterocycles. The van der Waals surface area contributed by atoms with E-state index in [4.69, 9.17) is 9.84 Å². The Morgan fingerprint density at radius 2 is 1.75 bits per heavy atom. The molecule has 0 radical (unpaired) electrons. The van der Waals surface area contributed by atoms with Gasteiger partial charge in [0.05, 0.1) is 24.1 Å². The molecule has 0 unspecified atom stereocenters. The molecule has 3 aromatic rings. The Morgan fingerprint density at radius 1 is 1.07 bits per heavy atom. The standard InChI is InChI=1S/C23H25N3O2/c1-14-9-15(2)11-17(10-14)24-23-22-20(12-16(3)13-21(22)27)26(25-23)18-5-7-19(28-4)8-6-18/h5-11,16H,12-13H2,1-4H3,(H,24,25)/t16-/m1/s1. The van der Waals surface area contributed by atoms with Gasteiger partial charge in [0.15, 0.2) is 11.6 Å². The Morgan fingerprint density at radius 3 is 2.39 bits per heavy atom. The summed E-state index contributed by atoms with van der Waals surface area (Å²) >= 11 is 0. The molecule has 5 heteroatoms. The van der Waals surface area contributed by atoms with Crippen LogP contribution >= 0.6 is 0 Å². The fraction of sp³-hybridized carbons (Fsp3) is 0.304. The molecule has 2 aromatic carbocycles. The highest BCUT2D eigenvalue weighted by Gasteiger charge is 2.31. The number of nitrogens with zero attached hydrogens (tertiary/aromatic N) is 2. The summed E-state index contributed by atoms with van der Waals surface area (Å²) in [7, 11) is 1.65. The summed E-state index contributed by atoms with van der Waals surface area (Å²) in [6.45, 7) is 6.25. The first-order chi connectivity index (χ1) is 13.4. The summed E-state index contributed by atoms with van der Waals surface area (Å²) in [5.41, 5.74) is 5.91. The third kappa shape index (κ3) is 3.40. The lowest BCUT2D eigenvalue weighted by Crippen LogP contribution is -2.19. The summed E-state index contributed by atoms with van der Waals surface area (Å²) < 4.78 is 7.16. The second kappa shape index (κ2) is 7.15. The van der Waals surface area contributed by atoms with Crippen molar-refractivity contribution in [3.05, 3.63) is 64.8 Å². The number of ether oxygens (including phenoxy) is 1. The number of hydrogen-bond acceptors (Lipinski definition) is 4. The zero-order valence-corrected chi connectivity index (χ0v) is 16.7. The largest absolute Gasteiger partial charge is 0.497 e. The van der Waals surface area contributed by atoms with Gasteiger partial charge in [-0.05, 0) is 73.7 Å². The van der Waals surface area contributed by atoms with Crippen molar-refractivity contribution in [3.8, 4) is 11.4 Å². The molecular formula is C23H25N3O2. The van der Waals surface area contributed by atoms with E-state index in [2.05, 4.69) is 44.3 Å². The molecular weight excluding hydrogens is 350 g/mol. The zero-order valence-electron chi connectivity index (χ0n) is 16.7. The van der Waals surface area contributed by atoms with Gasteiger partial charge in [0.1, 0.15) is 5.75 Å². The summed E-state index contributed by atoms with van der Waals surface area (Å²) in [5.74, 6) is 1.89. The minimum atomic E-state index is 0.153. The van der Waals surface area contributed by atoms with E-state index in [1.807, 2.05) is 28.9 Å².